The number of hydrogen-bond acceptors (Lipinski definition) is 4. The molecule has 0 aliphatic carbocycles. The van der Waals surface area contributed by atoms with Crippen molar-refractivity contribution in [1.29, 1.82) is 0 Å². The van der Waals surface area contributed by atoms with Crippen molar-refractivity contribution >= 4 is 16.8 Å². The van der Waals surface area contributed by atoms with Crippen LogP contribution in [0.5, 0.6) is 11.5 Å². The van der Waals surface area contributed by atoms with Crippen LogP contribution in [0.3, 0.4) is 0 Å². The molecule has 2 aromatic carbocycles. The highest BCUT2D eigenvalue weighted by atomic mass is 16.7. The third kappa shape index (κ3) is 5.69. The minimum absolute atomic E-state index is 0.105. The number of carbonyl (C=O) groups excluding carboxylic acids is 1. The van der Waals surface area contributed by atoms with Crippen LogP contribution < -0.4 is 9.47 Å². The Bertz CT molecular complexity index is 1100. The largest absolute Gasteiger partial charge is 0.454 e. The summed E-state index contributed by atoms with van der Waals surface area (Å²) in [7, 11) is 0. The average Bonchev–Trinajstić information content (AvgIpc) is 3.35. The van der Waals surface area contributed by atoms with Crippen molar-refractivity contribution in [2.75, 3.05) is 19.9 Å². The third-order valence-corrected chi connectivity index (χ3v) is 6.47. The van der Waals surface area contributed by atoms with Gasteiger partial charge in [0.1, 0.15) is 0 Å². The van der Waals surface area contributed by atoms with Crippen molar-refractivity contribution in [1.82, 2.24) is 9.88 Å². The van der Waals surface area contributed by atoms with Gasteiger partial charge in [0.2, 0.25) is 6.79 Å². The highest BCUT2D eigenvalue weighted by Gasteiger charge is 2.21. The molecule has 0 atom stereocenters. The van der Waals surface area contributed by atoms with Gasteiger partial charge in [-0.05, 0) is 43.2 Å². The number of carbonyl (C=O) groups is 1. The molecule has 1 aromatic heterocycles. The number of hydrogen-bond donors (Lipinski definition) is 0. The molecule has 1 aliphatic rings. The lowest BCUT2D eigenvalue weighted by Gasteiger charge is -2.24. The van der Waals surface area contributed by atoms with Gasteiger partial charge in [-0.25, -0.2) is 4.98 Å². The summed E-state index contributed by atoms with van der Waals surface area (Å²) < 4.78 is 11.0. The van der Waals surface area contributed by atoms with Gasteiger partial charge in [-0.2, -0.15) is 0 Å². The summed E-state index contributed by atoms with van der Waals surface area (Å²) in [6.07, 6.45) is 9.23. The molecule has 5 nitrogen and oxygen atoms in total. The van der Waals surface area contributed by atoms with Crippen molar-refractivity contribution < 1.29 is 14.3 Å². The fourth-order valence-electron chi connectivity index (χ4n) is 4.50. The monoisotopic (exact) mass is 460 g/mol. The number of fused-ring (bicyclic) bond motifs is 2. The van der Waals surface area contributed by atoms with Gasteiger partial charge < -0.3 is 14.4 Å². The molecule has 1 amide bonds. The fourth-order valence-corrected chi connectivity index (χ4v) is 4.50. The van der Waals surface area contributed by atoms with Crippen LogP contribution in [0.1, 0.15) is 75.6 Å². The Balaban J connectivity index is 1.66. The predicted molar refractivity (Wildman–Crippen MR) is 137 cm³/mol. The second-order valence-corrected chi connectivity index (χ2v) is 9.05. The van der Waals surface area contributed by atoms with Crippen molar-refractivity contribution in [3.8, 4) is 22.8 Å². The fraction of sp³-hybridized carbons (Fsp3) is 0.448. The lowest BCUT2D eigenvalue weighted by atomic mass is 10.0. The van der Waals surface area contributed by atoms with Gasteiger partial charge in [0.25, 0.3) is 5.91 Å². The van der Waals surface area contributed by atoms with Crippen molar-refractivity contribution in [2.24, 2.45) is 0 Å². The van der Waals surface area contributed by atoms with Gasteiger partial charge >= 0.3 is 0 Å². The molecule has 0 spiro atoms. The summed E-state index contributed by atoms with van der Waals surface area (Å²) in [5.41, 5.74) is 3.25. The Hall–Kier alpha value is -3.08. The summed E-state index contributed by atoms with van der Waals surface area (Å²) in [5.74, 6) is 1.56. The predicted octanol–water partition coefficient (Wildman–Crippen LogP) is 7.23. The second-order valence-electron chi connectivity index (χ2n) is 9.05. The van der Waals surface area contributed by atoms with Gasteiger partial charge in [0.15, 0.2) is 11.5 Å². The molecule has 0 saturated carbocycles. The molecule has 0 N–H and O–H groups in total. The van der Waals surface area contributed by atoms with Crippen LogP contribution in [0, 0.1) is 0 Å². The number of benzene rings is 2. The highest BCUT2D eigenvalue weighted by molar-refractivity contribution is 6.07. The molecule has 5 heteroatoms. The second kappa shape index (κ2) is 11.9. The first kappa shape index (κ1) is 24.1. The molecule has 0 radical (unpaired) electrons. The number of pyridine rings is 1. The van der Waals surface area contributed by atoms with Crippen molar-refractivity contribution in [2.45, 2.75) is 65.2 Å². The minimum atomic E-state index is 0.105. The smallest absolute Gasteiger partial charge is 0.254 e. The van der Waals surface area contributed by atoms with Gasteiger partial charge in [0, 0.05) is 24.0 Å². The minimum Gasteiger partial charge on any atom is -0.454 e. The molecule has 34 heavy (non-hydrogen) atoms. The van der Waals surface area contributed by atoms with Crippen LogP contribution in [-0.4, -0.2) is 35.7 Å². The van der Waals surface area contributed by atoms with Gasteiger partial charge in [-0.1, -0.05) is 70.6 Å². The van der Waals surface area contributed by atoms with Crippen LogP contribution in [0.4, 0.5) is 0 Å². The summed E-state index contributed by atoms with van der Waals surface area (Å²) in [6.45, 7) is 6.28. The zero-order chi connectivity index (χ0) is 23.8. The van der Waals surface area contributed by atoms with Crippen LogP contribution in [0.25, 0.3) is 22.2 Å². The lowest BCUT2D eigenvalue weighted by Crippen LogP contribution is -2.33. The molecular weight excluding hydrogens is 424 g/mol. The standard InChI is InChI=1S/C29H36N2O3/c1-3-5-7-11-17-31(18-12-8-6-4-2)29(32)24-20-26(30-25-14-10-9-13-23(24)25)22-15-16-27-28(19-22)34-21-33-27/h9-10,13-16,19-20H,3-8,11-12,17-18,21H2,1-2H3. The van der Waals surface area contributed by atoms with E-state index < -0.39 is 0 Å². The number of unbranched alkanes of at least 4 members (excludes halogenated alkanes) is 6. The number of nitrogens with zero attached hydrogens (tertiary/aromatic N) is 2. The summed E-state index contributed by atoms with van der Waals surface area (Å²) in [4.78, 5) is 20.9. The maximum Gasteiger partial charge on any atom is 0.254 e. The number of aromatic nitrogens is 1. The van der Waals surface area contributed by atoms with Crippen LogP contribution in [-0.2, 0) is 0 Å². The van der Waals surface area contributed by atoms with E-state index in [2.05, 4.69) is 18.7 Å². The number of rotatable bonds is 12. The van der Waals surface area contributed by atoms with E-state index in [4.69, 9.17) is 14.5 Å². The molecule has 4 rings (SSSR count). The quantitative estimate of drug-likeness (QED) is 0.267. The first-order chi connectivity index (χ1) is 16.7. The van der Waals surface area contributed by atoms with E-state index in [0.717, 1.165) is 72.2 Å². The molecule has 0 saturated heterocycles. The topological polar surface area (TPSA) is 51.7 Å². The molecule has 0 bridgehead atoms. The van der Waals surface area contributed by atoms with Crippen LogP contribution in [0.2, 0.25) is 0 Å². The molecule has 1 aliphatic heterocycles. The molecule has 3 aromatic rings. The number of para-hydroxylation sites is 1. The average molecular weight is 461 g/mol. The SMILES string of the molecule is CCCCCCN(CCCCCC)C(=O)c1cc(-c2ccc3c(c2)OCO3)nc2ccccc12. The molecule has 0 unspecified atom stereocenters. The molecule has 0 fully saturated rings. The first-order valence-electron chi connectivity index (χ1n) is 12.8. The molecule has 180 valence electrons. The number of ether oxygens (including phenoxy) is 2. The van der Waals surface area contributed by atoms with E-state index in [1.165, 1.54) is 25.7 Å². The first-order valence-corrected chi connectivity index (χ1v) is 12.8. The molecular formula is C29H36N2O3. The Labute approximate surface area is 203 Å². The summed E-state index contributed by atoms with van der Waals surface area (Å²) >= 11 is 0. The third-order valence-electron chi connectivity index (χ3n) is 6.47. The van der Waals surface area contributed by atoms with E-state index in [-0.39, 0.29) is 12.7 Å². The van der Waals surface area contributed by atoms with E-state index in [1.807, 2.05) is 48.5 Å². The Morgan fingerprint density at radius 2 is 1.56 bits per heavy atom. The highest BCUT2D eigenvalue weighted by Crippen LogP contribution is 2.36. The van der Waals surface area contributed by atoms with Gasteiger partial charge in [0.05, 0.1) is 16.8 Å². The van der Waals surface area contributed by atoms with Crippen molar-refractivity contribution in [3.05, 3.63) is 54.1 Å². The van der Waals surface area contributed by atoms with Gasteiger partial charge in [-0.3, -0.25) is 4.79 Å². The number of amides is 1. The Morgan fingerprint density at radius 3 is 2.29 bits per heavy atom. The van der Waals surface area contributed by atoms with Gasteiger partial charge in [-0.15, -0.1) is 0 Å². The summed E-state index contributed by atoms with van der Waals surface area (Å²) in [6, 6.07) is 15.7. The van der Waals surface area contributed by atoms with E-state index in [9.17, 15) is 4.79 Å². The van der Waals surface area contributed by atoms with E-state index >= 15 is 0 Å². The van der Waals surface area contributed by atoms with E-state index in [1.54, 1.807) is 0 Å². The Kier molecular flexibility index (Phi) is 8.40. The zero-order valence-electron chi connectivity index (χ0n) is 20.5. The normalized spacial score (nSPS) is 12.3. The van der Waals surface area contributed by atoms with E-state index in [0.29, 0.717) is 5.75 Å². The summed E-state index contributed by atoms with van der Waals surface area (Å²) in [5, 5.41) is 0.907. The van der Waals surface area contributed by atoms with Crippen LogP contribution in [0.15, 0.2) is 48.5 Å². The maximum atomic E-state index is 13.9. The Morgan fingerprint density at radius 1 is 0.853 bits per heavy atom. The molecule has 2 heterocycles. The lowest BCUT2D eigenvalue weighted by molar-refractivity contribution is 0.0751. The zero-order valence-corrected chi connectivity index (χ0v) is 20.5. The van der Waals surface area contributed by atoms with Crippen LogP contribution >= 0.6 is 0 Å². The van der Waals surface area contributed by atoms with Crippen molar-refractivity contribution in [3.63, 3.8) is 0 Å². The maximum absolute atomic E-state index is 13.9.